The molecule has 1 amide bonds. The lowest BCUT2D eigenvalue weighted by Gasteiger charge is -2.26. The molecule has 0 fully saturated rings. The number of aromatic nitrogens is 6. The molecule has 4 aromatic rings. The highest BCUT2D eigenvalue weighted by atomic mass is 16.5. The van der Waals surface area contributed by atoms with Crippen LogP contribution in [-0.4, -0.2) is 49.2 Å². The van der Waals surface area contributed by atoms with Crippen LogP contribution in [0, 0.1) is 6.92 Å². The van der Waals surface area contributed by atoms with E-state index in [1.165, 1.54) is 6.33 Å². The average Bonchev–Trinajstić information content (AvgIpc) is 3.40. The number of methoxy groups -OCH3 is 1. The molecule has 4 heterocycles. The van der Waals surface area contributed by atoms with Gasteiger partial charge >= 0.3 is 0 Å². The molecule has 10 nitrogen and oxygen atoms in total. The molecule has 32 heavy (non-hydrogen) atoms. The summed E-state index contributed by atoms with van der Waals surface area (Å²) in [6.45, 7) is 5.97. The summed E-state index contributed by atoms with van der Waals surface area (Å²) in [6.07, 6.45) is 3.45. The molecule has 1 aromatic carbocycles. The number of rotatable bonds is 6. The third-order valence-electron chi connectivity index (χ3n) is 5.42. The fourth-order valence-electron chi connectivity index (χ4n) is 4.07. The van der Waals surface area contributed by atoms with E-state index in [0.717, 1.165) is 16.8 Å². The Labute approximate surface area is 183 Å². The van der Waals surface area contributed by atoms with Crippen LogP contribution in [0.25, 0.3) is 11.5 Å². The van der Waals surface area contributed by atoms with Gasteiger partial charge in [0.1, 0.15) is 18.8 Å². The third kappa shape index (κ3) is 3.16. The molecule has 10 heteroatoms. The molecular formula is C22H21N7O3. The van der Waals surface area contributed by atoms with Crippen molar-refractivity contribution >= 4 is 17.4 Å². The molecule has 0 radical (unpaired) electrons. The average molecular weight is 431 g/mol. The molecule has 3 aromatic heterocycles. The molecule has 1 aliphatic rings. The number of ether oxygens (including phenoxy) is 2. The first-order valence-electron chi connectivity index (χ1n) is 10.1. The molecule has 1 atom stereocenters. The van der Waals surface area contributed by atoms with Crippen LogP contribution < -0.4 is 14.8 Å². The Hall–Kier alpha value is -4.21. The highest BCUT2D eigenvalue weighted by molar-refractivity contribution is 5.95. The number of para-hydroxylation sites is 1. The number of nitrogens with zero attached hydrogens (tertiary/aromatic N) is 6. The first-order valence-corrected chi connectivity index (χ1v) is 10.1. The van der Waals surface area contributed by atoms with Crippen molar-refractivity contribution in [2.75, 3.05) is 19.0 Å². The van der Waals surface area contributed by atoms with Gasteiger partial charge in [-0.15, -0.1) is 15.3 Å². The lowest BCUT2D eigenvalue weighted by atomic mass is 9.85. The highest BCUT2D eigenvalue weighted by Gasteiger charge is 2.35. The number of benzene rings is 1. The van der Waals surface area contributed by atoms with Gasteiger partial charge in [-0.05, 0) is 25.1 Å². The molecule has 0 aliphatic carbocycles. The first-order chi connectivity index (χ1) is 15.6. The van der Waals surface area contributed by atoms with Crippen molar-refractivity contribution in [1.82, 2.24) is 29.6 Å². The summed E-state index contributed by atoms with van der Waals surface area (Å²) in [5.74, 6) is 1.93. The van der Waals surface area contributed by atoms with Gasteiger partial charge in [0.05, 0.1) is 12.8 Å². The monoisotopic (exact) mass is 431 g/mol. The largest absolute Gasteiger partial charge is 0.493 e. The number of aryl methyl sites for hydroxylation is 1. The Balaban J connectivity index is 1.66. The van der Waals surface area contributed by atoms with E-state index in [2.05, 4.69) is 27.2 Å². The summed E-state index contributed by atoms with van der Waals surface area (Å²) in [7, 11) is 1.59. The fourth-order valence-corrected chi connectivity index (χ4v) is 4.07. The van der Waals surface area contributed by atoms with Crippen LogP contribution in [0.5, 0.6) is 11.5 Å². The maximum atomic E-state index is 12.8. The Morgan fingerprint density at radius 3 is 2.97 bits per heavy atom. The van der Waals surface area contributed by atoms with E-state index in [-0.39, 0.29) is 18.2 Å². The predicted octanol–water partition coefficient (Wildman–Crippen LogP) is 2.67. The topological polar surface area (TPSA) is 108 Å². The second-order valence-corrected chi connectivity index (χ2v) is 7.37. The summed E-state index contributed by atoms with van der Waals surface area (Å²) in [5, 5.41) is 20.0. The van der Waals surface area contributed by atoms with Gasteiger partial charge in [-0.2, -0.15) is 14.3 Å². The molecule has 0 bridgehead atoms. The smallest absolute Gasteiger partial charge is 0.226 e. The maximum absolute atomic E-state index is 12.8. The van der Waals surface area contributed by atoms with Gasteiger partial charge < -0.3 is 14.8 Å². The van der Waals surface area contributed by atoms with E-state index in [9.17, 15) is 4.79 Å². The lowest BCUT2D eigenvalue weighted by Crippen LogP contribution is -2.25. The van der Waals surface area contributed by atoms with Gasteiger partial charge in [0.2, 0.25) is 5.91 Å². The van der Waals surface area contributed by atoms with Crippen LogP contribution in [0.1, 0.15) is 29.2 Å². The van der Waals surface area contributed by atoms with Crippen molar-refractivity contribution in [3.8, 4) is 17.3 Å². The second-order valence-electron chi connectivity index (χ2n) is 7.37. The lowest BCUT2D eigenvalue weighted by molar-refractivity contribution is -0.116. The summed E-state index contributed by atoms with van der Waals surface area (Å²) in [4.78, 5) is 12.8. The van der Waals surface area contributed by atoms with E-state index < -0.39 is 0 Å². The Morgan fingerprint density at radius 1 is 1.28 bits per heavy atom. The van der Waals surface area contributed by atoms with Crippen LogP contribution in [0.3, 0.4) is 0 Å². The number of nitrogens with one attached hydrogen (secondary N) is 1. The summed E-state index contributed by atoms with van der Waals surface area (Å²) in [6, 6.07) is 9.26. The van der Waals surface area contributed by atoms with E-state index in [1.54, 1.807) is 34.5 Å². The van der Waals surface area contributed by atoms with Gasteiger partial charge in [0.25, 0.3) is 0 Å². The number of amides is 1. The van der Waals surface area contributed by atoms with E-state index in [0.29, 0.717) is 35.4 Å². The minimum absolute atomic E-state index is 0.119. The van der Waals surface area contributed by atoms with Crippen molar-refractivity contribution in [3.05, 3.63) is 66.1 Å². The van der Waals surface area contributed by atoms with Crippen LogP contribution in [-0.2, 0) is 4.79 Å². The molecule has 5 rings (SSSR count). The molecule has 1 unspecified atom stereocenters. The van der Waals surface area contributed by atoms with Gasteiger partial charge in [0, 0.05) is 23.5 Å². The zero-order valence-corrected chi connectivity index (χ0v) is 17.6. The molecule has 162 valence electrons. The fraction of sp³-hybridized carbons (Fsp3) is 0.227. The van der Waals surface area contributed by atoms with E-state index in [4.69, 9.17) is 14.6 Å². The van der Waals surface area contributed by atoms with Crippen LogP contribution in [0.2, 0.25) is 0 Å². The number of hydrogen-bond donors (Lipinski definition) is 1. The molecular weight excluding hydrogens is 410 g/mol. The van der Waals surface area contributed by atoms with E-state index >= 15 is 0 Å². The number of anilines is 1. The summed E-state index contributed by atoms with van der Waals surface area (Å²) in [5.41, 5.74) is 3.17. The normalized spacial score (nSPS) is 15.3. The highest BCUT2D eigenvalue weighted by Crippen LogP contribution is 2.45. The molecule has 0 saturated carbocycles. The molecule has 1 N–H and O–H groups in total. The van der Waals surface area contributed by atoms with Crippen LogP contribution in [0.15, 0.2) is 49.3 Å². The van der Waals surface area contributed by atoms with Crippen molar-refractivity contribution in [2.45, 2.75) is 19.3 Å². The van der Waals surface area contributed by atoms with Gasteiger partial charge in [-0.1, -0.05) is 24.8 Å². The third-order valence-corrected chi connectivity index (χ3v) is 5.42. The van der Waals surface area contributed by atoms with Gasteiger partial charge in [-0.3, -0.25) is 4.79 Å². The van der Waals surface area contributed by atoms with Gasteiger partial charge in [0.15, 0.2) is 23.0 Å². The van der Waals surface area contributed by atoms with Crippen molar-refractivity contribution < 1.29 is 14.3 Å². The molecule has 0 saturated heterocycles. The SMILES string of the molecule is C=CCOc1c(OC)cccc1C1CC(=O)Nc2c1c(C)nn2-c1ccc2nncn2n1. The van der Waals surface area contributed by atoms with Gasteiger partial charge in [-0.25, -0.2) is 0 Å². The van der Waals surface area contributed by atoms with Crippen molar-refractivity contribution in [1.29, 1.82) is 0 Å². The minimum Gasteiger partial charge on any atom is -0.493 e. The van der Waals surface area contributed by atoms with Crippen molar-refractivity contribution in [3.63, 3.8) is 0 Å². The predicted molar refractivity (Wildman–Crippen MR) is 116 cm³/mol. The maximum Gasteiger partial charge on any atom is 0.226 e. The van der Waals surface area contributed by atoms with E-state index in [1.807, 2.05) is 25.1 Å². The summed E-state index contributed by atoms with van der Waals surface area (Å²) < 4.78 is 14.7. The number of hydrogen-bond acceptors (Lipinski definition) is 7. The Morgan fingerprint density at radius 2 is 2.16 bits per heavy atom. The quantitative estimate of drug-likeness (QED) is 0.468. The zero-order chi connectivity index (χ0) is 22.2. The van der Waals surface area contributed by atoms with Crippen LogP contribution >= 0.6 is 0 Å². The number of carbonyl (C=O) groups excluding carboxylic acids is 1. The Bertz CT molecular complexity index is 1340. The zero-order valence-electron chi connectivity index (χ0n) is 17.6. The van der Waals surface area contributed by atoms with Crippen LogP contribution in [0.4, 0.5) is 5.82 Å². The Kier molecular flexibility index (Phi) is 4.81. The minimum atomic E-state index is -0.263. The second kappa shape index (κ2) is 7.80. The first kappa shape index (κ1) is 19.7. The molecule has 1 aliphatic heterocycles. The summed E-state index contributed by atoms with van der Waals surface area (Å²) >= 11 is 0. The standard InChI is InChI=1S/C22H21N7O3/c1-4-10-32-21-14(6-5-7-16(21)31-3)15-11-19(30)24-22-20(15)13(2)26-29(22)18-9-8-17-25-23-12-28(17)27-18/h4-9,12,15H,1,10-11H2,2-3H3,(H,24,30). The number of carbonyl (C=O) groups is 1. The van der Waals surface area contributed by atoms with Crippen molar-refractivity contribution in [2.24, 2.45) is 0 Å². The molecule has 0 spiro atoms. The number of fused-ring (bicyclic) bond motifs is 2.